The predicted molar refractivity (Wildman–Crippen MR) is 136 cm³/mol. The molecule has 178 valence electrons. The van der Waals surface area contributed by atoms with E-state index < -0.39 is 0 Å². The van der Waals surface area contributed by atoms with Crippen molar-refractivity contribution in [1.82, 2.24) is 0 Å². The maximum Gasteiger partial charge on any atom is -0.0269 e. The smallest absolute Gasteiger partial charge is 0.0269 e. The molecule has 30 heavy (non-hydrogen) atoms. The van der Waals surface area contributed by atoms with Crippen LogP contribution < -0.4 is 0 Å². The molecule has 0 spiro atoms. The van der Waals surface area contributed by atoms with Gasteiger partial charge in [0.2, 0.25) is 0 Å². The Morgan fingerprint density at radius 2 is 0.833 bits per heavy atom. The molecule has 0 radical (unpaired) electrons. The molecule has 8 unspecified atom stereocenters. The molecule has 0 heterocycles. The molecular weight excluding hydrogens is 360 g/mol. The first-order chi connectivity index (χ1) is 14.1. The first-order valence-corrected chi connectivity index (χ1v) is 14.1. The molecular formula is C30H58. The van der Waals surface area contributed by atoms with Crippen LogP contribution in [0.4, 0.5) is 0 Å². The third-order valence-electron chi connectivity index (χ3n) is 11.0. The van der Waals surface area contributed by atoms with Gasteiger partial charge < -0.3 is 0 Å². The fourth-order valence-electron chi connectivity index (χ4n) is 8.34. The van der Waals surface area contributed by atoms with Gasteiger partial charge >= 0.3 is 0 Å². The molecule has 0 saturated heterocycles. The highest BCUT2D eigenvalue weighted by Crippen LogP contribution is 2.78. The largest absolute Gasteiger partial charge is 0.0654 e. The average molecular weight is 419 g/mol. The van der Waals surface area contributed by atoms with Crippen molar-refractivity contribution in [3.8, 4) is 0 Å². The van der Waals surface area contributed by atoms with Gasteiger partial charge in [-0.25, -0.2) is 0 Å². The molecule has 0 aliphatic heterocycles. The van der Waals surface area contributed by atoms with E-state index in [0.29, 0.717) is 10.8 Å². The zero-order valence-electron chi connectivity index (χ0n) is 22.7. The number of unbranched alkanes of at least 4 members (excludes halogenated alkanes) is 6. The Labute approximate surface area is 191 Å². The van der Waals surface area contributed by atoms with Crippen LogP contribution in [0.3, 0.4) is 0 Å². The van der Waals surface area contributed by atoms with Gasteiger partial charge in [0.05, 0.1) is 0 Å². The summed E-state index contributed by atoms with van der Waals surface area (Å²) < 4.78 is 0. The third-order valence-corrected chi connectivity index (χ3v) is 11.0. The fourth-order valence-corrected chi connectivity index (χ4v) is 8.34. The van der Waals surface area contributed by atoms with E-state index in [1.54, 1.807) is 12.8 Å². The topological polar surface area (TPSA) is 0 Å². The Balaban J connectivity index is 0.000000224. The summed E-state index contributed by atoms with van der Waals surface area (Å²) in [6.45, 7) is 24.3. The molecule has 0 amide bonds. The van der Waals surface area contributed by atoms with E-state index in [-0.39, 0.29) is 0 Å². The van der Waals surface area contributed by atoms with E-state index in [1.165, 1.54) is 51.4 Å². The molecule has 0 N–H and O–H groups in total. The van der Waals surface area contributed by atoms with Crippen molar-refractivity contribution >= 4 is 0 Å². The summed E-state index contributed by atoms with van der Waals surface area (Å²) >= 11 is 0. The van der Waals surface area contributed by atoms with Crippen LogP contribution in [-0.4, -0.2) is 0 Å². The molecule has 0 heteroatoms. The van der Waals surface area contributed by atoms with E-state index in [4.69, 9.17) is 0 Å². The van der Waals surface area contributed by atoms with E-state index in [1.807, 2.05) is 0 Å². The molecule has 0 aromatic rings. The Hall–Kier alpha value is 0. The fraction of sp³-hybridized carbons (Fsp3) is 1.00. The van der Waals surface area contributed by atoms with Gasteiger partial charge in [-0.05, 0) is 71.0 Å². The monoisotopic (exact) mass is 418 g/mol. The lowest BCUT2D eigenvalue weighted by Crippen LogP contribution is -2.50. The van der Waals surface area contributed by atoms with E-state index in [2.05, 4.69) is 69.2 Å². The van der Waals surface area contributed by atoms with E-state index >= 15 is 0 Å². The van der Waals surface area contributed by atoms with Crippen LogP contribution in [0.5, 0.6) is 0 Å². The highest BCUT2D eigenvalue weighted by molar-refractivity contribution is 5.20. The lowest BCUT2D eigenvalue weighted by Gasteiger charge is -2.55. The van der Waals surface area contributed by atoms with Gasteiger partial charge in [-0.1, -0.05) is 121 Å². The van der Waals surface area contributed by atoms with Crippen LogP contribution in [0.25, 0.3) is 0 Å². The summed E-state index contributed by atoms with van der Waals surface area (Å²) in [4.78, 5) is 0. The number of hydrogen-bond donors (Lipinski definition) is 0. The molecule has 0 nitrogen and oxygen atoms in total. The summed E-state index contributed by atoms with van der Waals surface area (Å²) in [5.41, 5.74) is 1.15. The quantitative estimate of drug-likeness (QED) is 0.297. The first kappa shape index (κ1) is 26.3. The Morgan fingerprint density at radius 3 is 1.10 bits per heavy atom. The second kappa shape index (κ2) is 10.7. The Bertz CT molecular complexity index is 448. The highest BCUT2D eigenvalue weighted by Gasteiger charge is 2.72. The highest BCUT2D eigenvalue weighted by atomic mass is 14.8. The maximum absolute atomic E-state index is 2.58. The van der Waals surface area contributed by atoms with E-state index in [0.717, 1.165) is 47.3 Å². The molecule has 0 aromatic carbocycles. The summed E-state index contributed by atoms with van der Waals surface area (Å²) in [5, 5.41) is 0. The van der Waals surface area contributed by atoms with Gasteiger partial charge in [-0.15, -0.1) is 0 Å². The van der Waals surface area contributed by atoms with E-state index in [9.17, 15) is 0 Å². The Kier molecular flexibility index (Phi) is 9.40. The molecule has 4 saturated carbocycles. The van der Waals surface area contributed by atoms with Gasteiger partial charge in [0.25, 0.3) is 0 Å². The molecule has 4 aliphatic rings. The molecule has 4 bridgehead atoms. The lowest BCUT2D eigenvalue weighted by molar-refractivity contribution is -0.0704. The minimum atomic E-state index is 0.576. The summed E-state index contributed by atoms with van der Waals surface area (Å²) in [6.07, 6.45) is 14.2. The summed E-state index contributed by atoms with van der Waals surface area (Å²) in [7, 11) is 0. The van der Waals surface area contributed by atoms with Crippen molar-refractivity contribution in [3.05, 3.63) is 0 Å². The van der Waals surface area contributed by atoms with Crippen molar-refractivity contribution in [3.63, 3.8) is 0 Å². The van der Waals surface area contributed by atoms with Crippen molar-refractivity contribution < 1.29 is 0 Å². The van der Waals surface area contributed by atoms with Crippen molar-refractivity contribution in [2.24, 2.45) is 58.2 Å². The first-order valence-electron chi connectivity index (χ1n) is 14.1. The maximum atomic E-state index is 2.58. The zero-order valence-corrected chi connectivity index (χ0v) is 22.7. The van der Waals surface area contributed by atoms with Crippen LogP contribution in [0.15, 0.2) is 0 Å². The summed E-state index contributed by atoms with van der Waals surface area (Å²) in [5.74, 6) is 8.47. The molecule has 8 atom stereocenters. The van der Waals surface area contributed by atoms with Crippen LogP contribution in [0, 0.1) is 58.2 Å². The molecule has 4 aliphatic carbocycles. The zero-order chi connectivity index (χ0) is 22.7. The molecule has 4 fully saturated rings. The van der Waals surface area contributed by atoms with Crippen LogP contribution in [0.2, 0.25) is 0 Å². The summed E-state index contributed by atoms with van der Waals surface area (Å²) in [6, 6.07) is 0. The number of fused-ring (bicyclic) bond motifs is 9. The van der Waals surface area contributed by atoms with Crippen molar-refractivity contribution in [2.45, 2.75) is 133 Å². The standard InChI is InChI=1S/C18H30.2C6H14/c1-9-10(2)12-7-11(9)15-13-8-14(16(12)15)18(5,6)17(13,3)4;2*1-3-5-6-4-2/h9-16H,7-8H2,1-6H3;2*3-6H2,1-2H3. The second-order valence-electron chi connectivity index (χ2n) is 12.7. The van der Waals surface area contributed by atoms with Crippen LogP contribution in [0.1, 0.15) is 133 Å². The predicted octanol–water partition coefficient (Wildman–Crippen LogP) is 10.0. The van der Waals surface area contributed by atoms with Crippen LogP contribution >= 0.6 is 0 Å². The number of rotatable bonds is 6. The lowest BCUT2D eigenvalue weighted by atomic mass is 9.50. The number of hydrogen-bond acceptors (Lipinski definition) is 0. The van der Waals surface area contributed by atoms with Gasteiger partial charge in [0, 0.05) is 0 Å². The molecule has 4 rings (SSSR count). The normalized spacial score (nSPS) is 41.0. The molecule has 0 aromatic heterocycles. The van der Waals surface area contributed by atoms with Gasteiger partial charge in [0.1, 0.15) is 0 Å². The van der Waals surface area contributed by atoms with Crippen molar-refractivity contribution in [1.29, 1.82) is 0 Å². The SMILES string of the molecule is CC1C(C)C2CC1C1C2C2CC1C(C)(C)C2(C)C.CCCCCC.CCCCCC. The van der Waals surface area contributed by atoms with Crippen LogP contribution in [-0.2, 0) is 0 Å². The minimum absolute atomic E-state index is 0.576. The third kappa shape index (κ3) is 4.55. The van der Waals surface area contributed by atoms with Gasteiger partial charge in [-0.2, -0.15) is 0 Å². The Morgan fingerprint density at radius 1 is 0.533 bits per heavy atom. The minimum Gasteiger partial charge on any atom is -0.0654 e. The van der Waals surface area contributed by atoms with Crippen molar-refractivity contribution in [2.75, 3.05) is 0 Å². The second-order valence-corrected chi connectivity index (χ2v) is 12.7. The average Bonchev–Trinajstić information content (AvgIpc) is 3.39. The van der Waals surface area contributed by atoms with Gasteiger partial charge in [-0.3, -0.25) is 0 Å². The van der Waals surface area contributed by atoms with Gasteiger partial charge in [0.15, 0.2) is 0 Å².